The van der Waals surface area contributed by atoms with Crippen LogP contribution in [-0.4, -0.2) is 9.97 Å². The van der Waals surface area contributed by atoms with Crippen molar-refractivity contribution in [2.75, 3.05) is 0 Å². The zero-order valence-corrected chi connectivity index (χ0v) is 6.24. The molecule has 0 amide bonds. The van der Waals surface area contributed by atoms with Gasteiger partial charge in [-0.2, -0.15) is 0 Å². The van der Waals surface area contributed by atoms with Crippen molar-refractivity contribution in [2.45, 2.75) is 13.3 Å². The van der Waals surface area contributed by atoms with E-state index in [1.54, 1.807) is 12.3 Å². The molecule has 0 aliphatic heterocycles. The van der Waals surface area contributed by atoms with Gasteiger partial charge in [-0.3, -0.25) is 0 Å². The molecule has 2 nitrogen and oxygen atoms in total. The molecule has 0 aliphatic carbocycles. The lowest BCUT2D eigenvalue weighted by Gasteiger charge is -1.87. The third-order valence-corrected chi connectivity index (χ3v) is 1.88. The van der Waals surface area contributed by atoms with Crippen molar-refractivity contribution in [3.8, 4) is 0 Å². The SMILES string of the molecule is CCc1[nH]c2[nH]ccc2c1F. The molecule has 0 aliphatic rings. The van der Waals surface area contributed by atoms with Crippen LogP contribution in [0.1, 0.15) is 12.6 Å². The lowest BCUT2D eigenvalue weighted by atomic mass is 10.3. The maximum Gasteiger partial charge on any atom is 0.153 e. The average molecular weight is 152 g/mol. The average Bonchev–Trinajstić information content (AvgIpc) is 2.53. The minimum Gasteiger partial charge on any atom is -0.348 e. The molecule has 0 atom stereocenters. The molecule has 0 saturated heterocycles. The van der Waals surface area contributed by atoms with Gasteiger partial charge in [-0.15, -0.1) is 0 Å². The quantitative estimate of drug-likeness (QED) is 0.627. The molecule has 2 N–H and O–H groups in total. The summed E-state index contributed by atoms with van der Waals surface area (Å²) in [4.78, 5) is 5.88. The summed E-state index contributed by atoms with van der Waals surface area (Å²) in [5.74, 6) is -0.122. The van der Waals surface area contributed by atoms with E-state index in [2.05, 4.69) is 9.97 Å². The van der Waals surface area contributed by atoms with E-state index in [1.165, 1.54) is 0 Å². The highest BCUT2D eigenvalue weighted by atomic mass is 19.1. The molecule has 0 radical (unpaired) electrons. The summed E-state index contributed by atoms with van der Waals surface area (Å²) in [5.41, 5.74) is 1.45. The van der Waals surface area contributed by atoms with Crippen molar-refractivity contribution in [1.82, 2.24) is 9.97 Å². The predicted molar refractivity (Wildman–Crippen MR) is 42.0 cm³/mol. The molecule has 0 aromatic carbocycles. The van der Waals surface area contributed by atoms with Gasteiger partial charge < -0.3 is 9.97 Å². The van der Waals surface area contributed by atoms with Gasteiger partial charge in [0.1, 0.15) is 5.65 Å². The molecule has 2 aromatic heterocycles. The Labute approximate surface area is 63.4 Å². The van der Waals surface area contributed by atoms with E-state index in [0.29, 0.717) is 17.5 Å². The Bertz CT molecular complexity index is 372. The first-order chi connectivity index (χ1) is 5.33. The van der Waals surface area contributed by atoms with Gasteiger partial charge in [0.2, 0.25) is 0 Å². The van der Waals surface area contributed by atoms with Gasteiger partial charge in [0.15, 0.2) is 5.82 Å². The van der Waals surface area contributed by atoms with Crippen molar-refractivity contribution < 1.29 is 4.39 Å². The number of aromatic nitrogens is 2. The van der Waals surface area contributed by atoms with Crippen molar-refractivity contribution in [3.63, 3.8) is 0 Å². The van der Waals surface area contributed by atoms with Gasteiger partial charge in [0.05, 0.1) is 11.1 Å². The fourth-order valence-electron chi connectivity index (χ4n) is 1.27. The first-order valence-electron chi connectivity index (χ1n) is 3.66. The molecule has 2 heterocycles. The summed E-state index contributed by atoms with van der Waals surface area (Å²) >= 11 is 0. The van der Waals surface area contributed by atoms with Crippen LogP contribution in [0, 0.1) is 5.82 Å². The summed E-state index contributed by atoms with van der Waals surface area (Å²) in [6, 6.07) is 1.74. The van der Waals surface area contributed by atoms with Gasteiger partial charge in [0, 0.05) is 6.20 Å². The molecule has 11 heavy (non-hydrogen) atoms. The maximum absolute atomic E-state index is 13.2. The molecule has 0 bridgehead atoms. The highest BCUT2D eigenvalue weighted by Gasteiger charge is 2.08. The predicted octanol–water partition coefficient (Wildman–Crippen LogP) is 2.20. The second kappa shape index (κ2) is 2.12. The maximum atomic E-state index is 13.2. The van der Waals surface area contributed by atoms with Crippen LogP contribution in [0.3, 0.4) is 0 Å². The van der Waals surface area contributed by atoms with Crippen LogP contribution in [0.15, 0.2) is 12.3 Å². The van der Waals surface area contributed by atoms with Crippen LogP contribution in [0.2, 0.25) is 0 Å². The molecule has 0 fully saturated rings. The monoisotopic (exact) mass is 152 g/mol. The van der Waals surface area contributed by atoms with Crippen LogP contribution in [0.25, 0.3) is 11.0 Å². The summed E-state index contributed by atoms with van der Waals surface area (Å²) in [6.07, 6.45) is 2.43. The van der Waals surface area contributed by atoms with Crippen molar-refractivity contribution in [1.29, 1.82) is 0 Å². The number of aromatic amines is 2. The largest absolute Gasteiger partial charge is 0.348 e. The Morgan fingerprint density at radius 2 is 2.36 bits per heavy atom. The number of hydrogen-bond acceptors (Lipinski definition) is 0. The molecule has 58 valence electrons. The van der Waals surface area contributed by atoms with Crippen LogP contribution >= 0.6 is 0 Å². The molecular weight excluding hydrogens is 143 g/mol. The Hall–Kier alpha value is -1.25. The van der Waals surface area contributed by atoms with Crippen molar-refractivity contribution in [3.05, 3.63) is 23.8 Å². The molecule has 0 saturated carbocycles. The van der Waals surface area contributed by atoms with Crippen LogP contribution in [0.4, 0.5) is 4.39 Å². The van der Waals surface area contributed by atoms with Gasteiger partial charge in [-0.05, 0) is 12.5 Å². The summed E-state index contributed by atoms with van der Waals surface area (Å²) in [5, 5.41) is 0.654. The first-order valence-corrected chi connectivity index (χ1v) is 3.66. The van der Waals surface area contributed by atoms with Crippen LogP contribution in [0.5, 0.6) is 0 Å². The Morgan fingerprint density at radius 1 is 1.55 bits per heavy atom. The molecule has 0 unspecified atom stereocenters. The second-order valence-corrected chi connectivity index (χ2v) is 2.54. The zero-order valence-electron chi connectivity index (χ0n) is 6.24. The Balaban J connectivity index is 2.76. The lowest BCUT2D eigenvalue weighted by molar-refractivity contribution is 0.622. The fourth-order valence-corrected chi connectivity index (χ4v) is 1.27. The van der Waals surface area contributed by atoms with E-state index in [-0.39, 0.29) is 5.82 Å². The van der Waals surface area contributed by atoms with Crippen LogP contribution in [-0.2, 0) is 6.42 Å². The Kier molecular flexibility index (Phi) is 1.24. The first kappa shape index (κ1) is 6.46. The number of nitrogens with one attached hydrogen (secondary N) is 2. The zero-order chi connectivity index (χ0) is 7.84. The summed E-state index contributed by atoms with van der Waals surface area (Å²) in [6.45, 7) is 1.92. The summed E-state index contributed by atoms with van der Waals surface area (Å²) < 4.78 is 13.2. The van der Waals surface area contributed by atoms with Gasteiger partial charge in [-0.1, -0.05) is 6.92 Å². The number of rotatable bonds is 1. The molecular formula is C8H9FN2. The standard InChI is InChI=1S/C8H9FN2/c1-2-6-7(9)5-3-4-10-8(5)11-6/h3-4,10-11H,2H2,1H3. The summed E-state index contributed by atoms with van der Waals surface area (Å²) in [7, 11) is 0. The number of H-pyrrole nitrogens is 2. The van der Waals surface area contributed by atoms with E-state index in [4.69, 9.17) is 0 Å². The van der Waals surface area contributed by atoms with E-state index >= 15 is 0 Å². The highest BCUT2D eigenvalue weighted by molar-refractivity contribution is 5.78. The van der Waals surface area contributed by atoms with E-state index < -0.39 is 0 Å². The smallest absolute Gasteiger partial charge is 0.153 e. The molecule has 2 rings (SSSR count). The number of aryl methyl sites for hydroxylation is 1. The fraction of sp³-hybridized carbons (Fsp3) is 0.250. The van der Waals surface area contributed by atoms with Crippen molar-refractivity contribution in [2.24, 2.45) is 0 Å². The second-order valence-electron chi connectivity index (χ2n) is 2.54. The number of hydrogen-bond donors (Lipinski definition) is 2. The third kappa shape index (κ3) is 0.770. The minimum absolute atomic E-state index is 0.122. The van der Waals surface area contributed by atoms with Crippen LogP contribution < -0.4 is 0 Å². The van der Waals surface area contributed by atoms with Gasteiger partial charge >= 0.3 is 0 Å². The van der Waals surface area contributed by atoms with Gasteiger partial charge in [0.25, 0.3) is 0 Å². The van der Waals surface area contributed by atoms with Gasteiger partial charge in [-0.25, -0.2) is 4.39 Å². The topological polar surface area (TPSA) is 31.6 Å². The van der Waals surface area contributed by atoms with Crippen molar-refractivity contribution >= 4 is 11.0 Å². The normalized spacial score (nSPS) is 11.1. The lowest BCUT2D eigenvalue weighted by Crippen LogP contribution is -1.82. The number of halogens is 1. The third-order valence-electron chi connectivity index (χ3n) is 1.88. The Morgan fingerprint density at radius 3 is 3.00 bits per heavy atom. The minimum atomic E-state index is -0.122. The molecule has 0 spiro atoms. The van der Waals surface area contributed by atoms with E-state index in [1.807, 2.05) is 6.92 Å². The molecule has 2 aromatic rings. The highest BCUT2D eigenvalue weighted by Crippen LogP contribution is 2.19. The van der Waals surface area contributed by atoms with E-state index in [9.17, 15) is 4.39 Å². The molecule has 3 heteroatoms. The number of fused-ring (bicyclic) bond motifs is 1. The van der Waals surface area contributed by atoms with E-state index in [0.717, 1.165) is 5.65 Å².